The second-order valence-electron chi connectivity index (χ2n) is 13.1. The number of hydrogen-bond donors (Lipinski definition) is 3. The molecule has 6 aromatic rings. The number of hydrogen-bond acceptors (Lipinski definition) is 11. The smallest absolute Gasteiger partial charge is 0.348 e. The van der Waals surface area contributed by atoms with E-state index >= 15 is 4.79 Å². The second kappa shape index (κ2) is 11.4. The van der Waals surface area contributed by atoms with Gasteiger partial charge in [-0.25, -0.2) is 9.59 Å². The minimum absolute atomic E-state index is 0.0126. The molecule has 0 unspecified atom stereocenters. The Hall–Kier alpha value is -7.14. The van der Waals surface area contributed by atoms with Crippen molar-refractivity contribution in [2.45, 2.75) is 27.7 Å². The largest absolute Gasteiger partial charge is 0.507 e. The highest BCUT2D eigenvalue weighted by molar-refractivity contribution is 6.54. The third-order valence-electron chi connectivity index (χ3n) is 10.0. The third kappa shape index (κ3) is 4.46. The quantitative estimate of drug-likeness (QED) is 0.164. The van der Waals surface area contributed by atoms with Gasteiger partial charge in [0.15, 0.2) is 23.1 Å². The predicted molar refractivity (Wildman–Crippen MR) is 194 cm³/mol. The van der Waals surface area contributed by atoms with Gasteiger partial charge in [-0.05, 0) is 68.7 Å². The Morgan fingerprint density at radius 2 is 0.925 bits per heavy atom. The third-order valence-corrected chi connectivity index (χ3v) is 10.0. The summed E-state index contributed by atoms with van der Waals surface area (Å²) >= 11 is 0. The fourth-order valence-electron chi connectivity index (χ4n) is 7.54. The van der Waals surface area contributed by atoms with Gasteiger partial charge in [0.2, 0.25) is 0 Å². The standard InChI is InChI=1S/C42H26O11/c1-16-8-5-12-23-25(16)37(46)33(41(50)52-23)31-32(34-38(47)26-17(2)9-6-13-24(26)53-42(34)51)40(49)30-21(36(31)45)15-14-18(3)27(30)28-19(4)35(44)20-10-7-11-22(43)29(20)39(28)48/h5-15,43,46-47H,1-4H3. The lowest BCUT2D eigenvalue weighted by molar-refractivity contribution is 0.0988. The van der Waals surface area contributed by atoms with Gasteiger partial charge in [0.05, 0.1) is 27.5 Å². The van der Waals surface area contributed by atoms with Crippen molar-refractivity contribution in [3.63, 3.8) is 0 Å². The van der Waals surface area contributed by atoms with E-state index in [1.54, 1.807) is 45.0 Å². The Morgan fingerprint density at radius 3 is 1.49 bits per heavy atom. The van der Waals surface area contributed by atoms with E-state index in [0.29, 0.717) is 11.1 Å². The van der Waals surface area contributed by atoms with Gasteiger partial charge < -0.3 is 24.2 Å². The van der Waals surface area contributed by atoms with Crippen LogP contribution in [0.3, 0.4) is 0 Å². The van der Waals surface area contributed by atoms with Gasteiger partial charge in [0.1, 0.15) is 39.5 Å². The maximum absolute atomic E-state index is 15.3. The summed E-state index contributed by atoms with van der Waals surface area (Å²) in [7, 11) is 0. The van der Waals surface area contributed by atoms with Crippen molar-refractivity contribution >= 4 is 61.8 Å². The average Bonchev–Trinajstić information content (AvgIpc) is 3.10. The molecule has 2 aliphatic rings. The van der Waals surface area contributed by atoms with E-state index in [0.717, 1.165) is 0 Å². The van der Waals surface area contributed by atoms with Crippen LogP contribution in [0.2, 0.25) is 0 Å². The molecule has 8 rings (SSSR count). The monoisotopic (exact) mass is 706 g/mol. The highest BCUT2D eigenvalue weighted by Crippen LogP contribution is 2.47. The minimum Gasteiger partial charge on any atom is -0.507 e. The van der Waals surface area contributed by atoms with Crippen molar-refractivity contribution < 1.29 is 43.3 Å². The van der Waals surface area contributed by atoms with E-state index in [1.807, 2.05) is 0 Å². The van der Waals surface area contributed by atoms with Crippen LogP contribution in [0, 0.1) is 20.8 Å². The number of carbonyl (C=O) groups is 4. The molecule has 0 bridgehead atoms. The molecule has 3 N–H and O–H groups in total. The summed E-state index contributed by atoms with van der Waals surface area (Å²) in [5.74, 6) is -5.46. The summed E-state index contributed by atoms with van der Waals surface area (Å²) in [5, 5.41) is 34.3. The highest BCUT2D eigenvalue weighted by Gasteiger charge is 2.44. The summed E-state index contributed by atoms with van der Waals surface area (Å²) in [6.45, 7) is 6.17. The van der Waals surface area contributed by atoms with Crippen LogP contribution in [-0.2, 0) is 0 Å². The van der Waals surface area contributed by atoms with E-state index in [2.05, 4.69) is 0 Å². The van der Waals surface area contributed by atoms with Crippen molar-refractivity contribution in [2.75, 3.05) is 0 Å². The summed E-state index contributed by atoms with van der Waals surface area (Å²) < 4.78 is 11.1. The maximum atomic E-state index is 15.3. The fourth-order valence-corrected chi connectivity index (χ4v) is 7.54. The number of allylic oxidation sites excluding steroid dienone is 4. The Labute approximate surface area is 298 Å². The molecule has 0 amide bonds. The van der Waals surface area contributed by atoms with Crippen LogP contribution in [0.25, 0.3) is 38.7 Å². The van der Waals surface area contributed by atoms with Gasteiger partial charge >= 0.3 is 11.3 Å². The SMILES string of the molecule is CC1=C(c2c(C)ccc3c2C(=O)C(c2c(O)c4c(C)cccc4oc2=O)=C(c2c(O)c4c(C)cccc4oc2=O)C3=O)C(=O)c2c(O)cccc2C1=O. The van der Waals surface area contributed by atoms with Crippen molar-refractivity contribution in [2.24, 2.45) is 0 Å². The number of phenols is 1. The number of carbonyl (C=O) groups excluding carboxylic acids is 4. The molecule has 2 aliphatic carbocycles. The molecule has 0 saturated heterocycles. The van der Waals surface area contributed by atoms with Gasteiger partial charge in [-0.2, -0.15) is 0 Å². The molecular weight excluding hydrogens is 680 g/mol. The molecule has 2 aromatic heterocycles. The van der Waals surface area contributed by atoms with E-state index in [1.165, 1.54) is 49.4 Å². The molecule has 0 spiro atoms. The molecule has 0 atom stereocenters. The summed E-state index contributed by atoms with van der Waals surface area (Å²) in [6, 6.07) is 16.0. The number of benzene rings is 4. The van der Waals surface area contributed by atoms with Gasteiger partial charge in [0.25, 0.3) is 0 Å². The zero-order valence-corrected chi connectivity index (χ0v) is 28.5. The number of rotatable bonds is 3. The van der Waals surface area contributed by atoms with Crippen molar-refractivity contribution in [1.82, 2.24) is 0 Å². The van der Waals surface area contributed by atoms with Gasteiger partial charge in [0, 0.05) is 33.4 Å². The lowest BCUT2D eigenvalue weighted by atomic mass is 9.72. The Kier molecular flexibility index (Phi) is 7.13. The number of aromatic hydroxyl groups is 3. The van der Waals surface area contributed by atoms with Crippen LogP contribution in [0.15, 0.2) is 90.7 Å². The van der Waals surface area contributed by atoms with Crippen LogP contribution in [0.1, 0.15) is 81.7 Å². The minimum atomic E-state index is -1.24. The first-order valence-corrected chi connectivity index (χ1v) is 16.4. The van der Waals surface area contributed by atoms with Crippen LogP contribution < -0.4 is 11.3 Å². The maximum Gasteiger partial charge on any atom is 0.348 e. The van der Waals surface area contributed by atoms with E-state index < -0.39 is 79.5 Å². The lowest BCUT2D eigenvalue weighted by Gasteiger charge is -2.27. The normalized spacial score (nSPS) is 14.4. The molecule has 0 fully saturated rings. The molecule has 0 saturated carbocycles. The molecule has 260 valence electrons. The predicted octanol–water partition coefficient (Wildman–Crippen LogP) is 6.78. The van der Waals surface area contributed by atoms with Crippen molar-refractivity contribution in [3.05, 3.63) is 149 Å². The molecular formula is C42H26O11. The number of phenolic OH excluding ortho intramolecular Hbond substituents is 1. The highest BCUT2D eigenvalue weighted by atomic mass is 16.4. The van der Waals surface area contributed by atoms with E-state index in [9.17, 15) is 39.3 Å². The van der Waals surface area contributed by atoms with Crippen LogP contribution in [-0.4, -0.2) is 38.5 Å². The molecule has 11 heteroatoms. The zero-order chi connectivity index (χ0) is 37.8. The van der Waals surface area contributed by atoms with Crippen LogP contribution in [0.4, 0.5) is 0 Å². The summed E-state index contributed by atoms with van der Waals surface area (Å²) in [6.07, 6.45) is 0. The Morgan fingerprint density at radius 1 is 0.434 bits per heavy atom. The molecule has 4 aromatic carbocycles. The number of aryl methyl sites for hydroxylation is 3. The van der Waals surface area contributed by atoms with Gasteiger partial charge in [-0.3, -0.25) is 19.2 Å². The first-order chi connectivity index (χ1) is 25.2. The number of fused-ring (bicyclic) bond motifs is 4. The fraction of sp³-hybridized carbons (Fsp3) is 0.0952. The molecule has 0 radical (unpaired) electrons. The summed E-state index contributed by atoms with van der Waals surface area (Å²) in [5.41, 5.74) is -5.95. The van der Waals surface area contributed by atoms with Gasteiger partial charge in [-0.15, -0.1) is 0 Å². The average molecular weight is 707 g/mol. The molecule has 2 heterocycles. The zero-order valence-electron chi connectivity index (χ0n) is 28.5. The lowest BCUT2D eigenvalue weighted by Crippen LogP contribution is -2.29. The number of ketones is 4. The summed E-state index contributed by atoms with van der Waals surface area (Å²) in [4.78, 5) is 85.7. The molecule has 11 nitrogen and oxygen atoms in total. The second-order valence-corrected chi connectivity index (χ2v) is 13.1. The molecule has 0 aliphatic heterocycles. The first-order valence-electron chi connectivity index (χ1n) is 16.4. The Bertz CT molecular complexity index is 2970. The van der Waals surface area contributed by atoms with Crippen LogP contribution in [0.5, 0.6) is 17.2 Å². The topological polar surface area (TPSA) is 189 Å². The van der Waals surface area contributed by atoms with E-state index in [4.69, 9.17) is 8.83 Å². The number of Topliss-reactive ketones (excluding diaryl/α,β-unsaturated/α-hetero) is 4. The molecule has 53 heavy (non-hydrogen) atoms. The van der Waals surface area contributed by atoms with Crippen LogP contribution >= 0.6 is 0 Å². The van der Waals surface area contributed by atoms with Crippen molar-refractivity contribution in [3.8, 4) is 17.2 Å². The van der Waals surface area contributed by atoms with Crippen molar-refractivity contribution in [1.29, 1.82) is 0 Å². The van der Waals surface area contributed by atoms with E-state index in [-0.39, 0.29) is 60.9 Å². The Balaban J connectivity index is 1.53. The van der Waals surface area contributed by atoms with Gasteiger partial charge in [-0.1, -0.05) is 42.5 Å². The first kappa shape index (κ1) is 33.0.